The van der Waals surface area contributed by atoms with Gasteiger partial charge in [-0.25, -0.2) is 4.98 Å². The first-order chi connectivity index (χ1) is 15.5. The quantitative estimate of drug-likeness (QED) is 0.404. The summed E-state index contributed by atoms with van der Waals surface area (Å²) in [5.41, 5.74) is 2.67. The second-order valence-electron chi connectivity index (χ2n) is 7.38. The van der Waals surface area contributed by atoms with Crippen LogP contribution in [0.2, 0.25) is 5.02 Å². The van der Waals surface area contributed by atoms with Crippen LogP contribution in [0.5, 0.6) is 0 Å². The number of rotatable bonds is 7. The highest BCUT2D eigenvalue weighted by atomic mass is 35.5. The number of benzene rings is 2. The van der Waals surface area contributed by atoms with E-state index in [2.05, 4.69) is 27.3 Å². The van der Waals surface area contributed by atoms with Gasteiger partial charge in [-0.2, -0.15) is 0 Å². The van der Waals surface area contributed by atoms with Crippen LogP contribution in [0.25, 0.3) is 10.6 Å². The highest BCUT2D eigenvalue weighted by Gasteiger charge is 2.18. The molecule has 0 bridgehead atoms. The van der Waals surface area contributed by atoms with Crippen molar-refractivity contribution < 1.29 is 14.5 Å². The van der Waals surface area contributed by atoms with E-state index in [1.54, 1.807) is 0 Å². The van der Waals surface area contributed by atoms with Crippen molar-refractivity contribution in [3.8, 4) is 10.6 Å². The van der Waals surface area contributed by atoms with Crippen LogP contribution < -0.4 is 5.32 Å². The number of hydrogen-bond acceptors (Lipinski definition) is 7. The molecule has 1 amide bonds. The van der Waals surface area contributed by atoms with Gasteiger partial charge in [0.05, 0.1) is 30.3 Å². The zero-order valence-corrected chi connectivity index (χ0v) is 18.7. The van der Waals surface area contributed by atoms with Gasteiger partial charge in [0.2, 0.25) is 5.91 Å². The number of thiazole rings is 1. The largest absolute Gasteiger partial charge is 0.379 e. The van der Waals surface area contributed by atoms with Gasteiger partial charge in [-0.1, -0.05) is 29.8 Å². The third-order valence-corrected chi connectivity index (χ3v) is 6.18. The molecular formula is C22H21ClN4O4S. The molecule has 1 aliphatic heterocycles. The monoisotopic (exact) mass is 472 g/mol. The van der Waals surface area contributed by atoms with E-state index in [1.807, 2.05) is 17.5 Å². The van der Waals surface area contributed by atoms with Crippen LogP contribution in [0.1, 0.15) is 11.3 Å². The molecule has 1 saturated heterocycles. The summed E-state index contributed by atoms with van der Waals surface area (Å²) >= 11 is 7.29. The van der Waals surface area contributed by atoms with Crippen molar-refractivity contribution in [3.05, 3.63) is 74.2 Å². The average molecular weight is 473 g/mol. The highest BCUT2D eigenvalue weighted by Crippen LogP contribution is 2.29. The van der Waals surface area contributed by atoms with Gasteiger partial charge in [0.25, 0.3) is 5.69 Å². The lowest BCUT2D eigenvalue weighted by Crippen LogP contribution is -2.35. The van der Waals surface area contributed by atoms with Gasteiger partial charge >= 0.3 is 0 Å². The number of aromatic nitrogens is 1. The molecule has 0 atom stereocenters. The van der Waals surface area contributed by atoms with Crippen LogP contribution >= 0.6 is 22.9 Å². The van der Waals surface area contributed by atoms with Crippen molar-refractivity contribution in [2.24, 2.45) is 0 Å². The number of morpholine rings is 1. The number of ether oxygens (including phenoxy) is 1. The minimum absolute atomic E-state index is 0.0176. The van der Waals surface area contributed by atoms with Crippen LogP contribution in [0, 0.1) is 10.1 Å². The zero-order valence-electron chi connectivity index (χ0n) is 17.1. The van der Waals surface area contributed by atoms with Crippen LogP contribution in [0.4, 0.5) is 11.4 Å². The molecule has 2 aromatic carbocycles. The van der Waals surface area contributed by atoms with E-state index in [1.165, 1.54) is 35.1 Å². The fraction of sp³-hybridized carbons (Fsp3) is 0.273. The Balaban J connectivity index is 1.41. The summed E-state index contributed by atoms with van der Waals surface area (Å²) in [7, 11) is 0. The smallest absolute Gasteiger partial charge is 0.294 e. The topological polar surface area (TPSA) is 97.6 Å². The molecule has 1 N–H and O–H groups in total. The average Bonchev–Trinajstić information content (AvgIpc) is 3.24. The molecule has 166 valence electrons. The Morgan fingerprint density at radius 2 is 2.06 bits per heavy atom. The fourth-order valence-electron chi connectivity index (χ4n) is 3.46. The predicted octanol–water partition coefficient (Wildman–Crippen LogP) is 4.39. The van der Waals surface area contributed by atoms with Gasteiger partial charge in [0.15, 0.2) is 0 Å². The Bertz CT molecular complexity index is 1130. The van der Waals surface area contributed by atoms with E-state index in [9.17, 15) is 14.9 Å². The van der Waals surface area contributed by atoms with Gasteiger partial charge < -0.3 is 10.1 Å². The first-order valence-electron chi connectivity index (χ1n) is 10.1. The molecule has 0 saturated carbocycles. The number of carbonyl (C=O) groups excluding carboxylic acids is 1. The van der Waals surface area contributed by atoms with Crippen LogP contribution in [0.3, 0.4) is 0 Å². The summed E-state index contributed by atoms with van der Waals surface area (Å²) in [5, 5.41) is 16.7. The van der Waals surface area contributed by atoms with Gasteiger partial charge in [-0.3, -0.25) is 19.8 Å². The SMILES string of the molecule is O=C(Cc1csc(-c2cccc(CN3CCOCC3)c2)n1)Nc1ccc(Cl)cc1[N+](=O)[O-]. The summed E-state index contributed by atoms with van der Waals surface area (Å²) in [6.07, 6.45) is 0.0176. The van der Waals surface area contributed by atoms with E-state index in [0.29, 0.717) is 5.69 Å². The van der Waals surface area contributed by atoms with Gasteiger partial charge in [0, 0.05) is 41.7 Å². The number of nitro benzene ring substituents is 1. The summed E-state index contributed by atoms with van der Waals surface area (Å²) in [6, 6.07) is 12.4. The van der Waals surface area contributed by atoms with Gasteiger partial charge in [0.1, 0.15) is 10.7 Å². The number of hydrogen-bond donors (Lipinski definition) is 1. The summed E-state index contributed by atoms with van der Waals surface area (Å²) < 4.78 is 5.40. The lowest BCUT2D eigenvalue weighted by Gasteiger charge is -2.26. The number of amides is 1. The van der Waals surface area contributed by atoms with Gasteiger partial charge in [-0.15, -0.1) is 11.3 Å². The first-order valence-corrected chi connectivity index (χ1v) is 11.3. The summed E-state index contributed by atoms with van der Waals surface area (Å²) in [5.74, 6) is -0.381. The molecule has 0 radical (unpaired) electrons. The van der Waals surface area contributed by atoms with Crippen LogP contribution in [-0.2, 0) is 22.5 Å². The van der Waals surface area contributed by atoms with E-state index in [4.69, 9.17) is 16.3 Å². The molecule has 2 heterocycles. The number of anilines is 1. The predicted molar refractivity (Wildman–Crippen MR) is 124 cm³/mol. The molecule has 4 rings (SSSR count). The van der Waals surface area contributed by atoms with E-state index in [0.717, 1.165) is 43.4 Å². The molecule has 0 spiro atoms. The third kappa shape index (κ3) is 5.68. The maximum atomic E-state index is 12.4. The molecule has 32 heavy (non-hydrogen) atoms. The minimum Gasteiger partial charge on any atom is -0.379 e. The number of nitrogens with zero attached hydrogens (tertiary/aromatic N) is 3. The van der Waals surface area contributed by atoms with Gasteiger partial charge in [-0.05, 0) is 23.8 Å². The zero-order chi connectivity index (χ0) is 22.5. The van der Waals surface area contributed by atoms with Crippen molar-refractivity contribution in [1.82, 2.24) is 9.88 Å². The number of halogens is 1. The van der Waals surface area contributed by atoms with E-state index >= 15 is 0 Å². The molecular weight excluding hydrogens is 452 g/mol. The molecule has 10 heteroatoms. The van der Waals surface area contributed by atoms with Crippen molar-refractivity contribution >= 4 is 40.2 Å². The molecule has 3 aromatic rings. The van der Waals surface area contributed by atoms with Crippen LogP contribution in [-0.4, -0.2) is 47.0 Å². The number of nitrogens with one attached hydrogen (secondary N) is 1. The maximum absolute atomic E-state index is 12.4. The molecule has 1 aromatic heterocycles. The normalized spacial score (nSPS) is 14.3. The summed E-state index contributed by atoms with van der Waals surface area (Å²) in [4.78, 5) is 30.0. The van der Waals surface area contributed by atoms with E-state index in [-0.39, 0.29) is 28.7 Å². The number of carbonyl (C=O) groups is 1. The Hall–Kier alpha value is -2.85. The van der Waals surface area contributed by atoms with Crippen molar-refractivity contribution in [2.75, 3.05) is 31.6 Å². The van der Waals surface area contributed by atoms with Crippen LogP contribution in [0.15, 0.2) is 47.8 Å². The lowest BCUT2D eigenvalue weighted by molar-refractivity contribution is -0.383. The van der Waals surface area contributed by atoms with Crippen molar-refractivity contribution in [2.45, 2.75) is 13.0 Å². The van der Waals surface area contributed by atoms with Crippen molar-refractivity contribution in [1.29, 1.82) is 0 Å². The fourth-order valence-corrected chi connectivity index (χ4v) is 4.44. The van der Waals surface area contributed by atoms with E-state index < -0.39 is 4.92 Å². The Morgan fingerprint density at radius 1 is 1.25 bits per heavy atom. The lowest BCUT2D eigenvalue weighted by atomic mass is 10.1. The highest BCUT2D eigenvalue weighted by molar-refractivity contribution is 7.13. The third-order valence-electron chi connectivity index (χ3n) is 5.01. The Labute approximate surface area is 193 Å². The molecule has 1 aliphatic rings. The molecule has 0 unspecified atom stereocenters. The molecule has 8 nitrogen and oxygen atoms in total. The summed E-state index contributed by atoms with van der Waals surface area (Å²) in [6.45, 7) is 4.23. The first kappa shape index (κ1) is 22.3. The second-order valence-corrected chi connectivity index (χ2v) is 8.67. The standard InChI is InChI=1S/C22H21ClN4O4S/c23-17-4-5-19(20(11-17)27(29)30)25-21(28)12-18-14-32-22(24-18)16-3-1-2-15(10-16)13-26-6-8-31-9-7-26/h1-5,10-11,14H,6-9,12-13H2,(H,25,28). The Morgan fingerprint density at radius 3 is 2.84 bits per heavy atom. The molecule has 1 fully saturated rings. The Kier molecular flexibility index (Phi) is 7.11. The second kappa shape index (κ2) is 10.2. The number of nitro groups is 1. The minimum atomic E-state index is -0.577. The maximum Gasteiger partial charge on any atom is 0.294 e. The van der Waals surface area contributed by atoms with Crippen molar-refractivity contribution in [3.63, 3.8) is 0 Å². The molecule has 0 aliphatic carbocycles.